The van der Waals surface area contributed by atoms with Gasteiger partial charge in [0, 0.05) is 25.2 Å². The van der Waals surface area contributed by atoms with Crippen LogP contribution in [0.4, 0.5) is 0 Å². The predicted octanol–water partition coefficient (Wildman–Crippen LogP) is 2.10. The van der Waals surface area contributed by atoms with Gasteiger partial charge in [-0.05, 0) is 24.3 Å². The van der Waals surface area contributed by atoms with Crippen molar-refractivity contribution in [2.75, 3.05) is 31.8 Å². The van der Waals surface area contributed by atoms with Gasteiger partial charge in [0.05, 0.1) is 12.1 Å². The number of nitrogens with one attached hydrogen (secondary N) is 1. The van der Waals surface area contributed by atoms with Crippen molar-refractivity contribution in [3.63, 3.8) is 0 Å². The number of hydrogen-bond donors (Lipinski definition) is 1. The van der Waals surface area contributed by atoms with Gasteiger partial charge in [0.15, 0.2) is 0 Å². The van der Waals surface area contributed by atoms with Crippen LogP contribution in [0.2, 0.25) is 0 Å². The number of ether oxygens (including phenoxy) is 1. The molecule has 0 amide bonds. The first kappa shape index (κ1) is 12.4. The smallest absolute Gasteiger partial charge is 0.113 e. The average molecular weight is 258 g/mol. The Bertz CT molecular complexity index is 297. The van der Waals surface area contributed by atoms with Crippen molar-refractivity contribution in [1.29, 1.82) is 0 Å². The fourth-order valence-electron chi connectivity index (χ4n) is 2.04. The van der Waals surface area contributed by atoms with E-state index in [4.69, 9.17) is 4.74 Å². The van der Waals surface area contributed by atoms with Gasteiger partial charge in [-0.2, -0.15) is 11.8 Å². The van der Waals surface area contributed by atoms with Crippen LogP contribution in [0.3, 0.4) is 0 Å². The van der Waals surface area contributed by atoms with Crippen molar-refractivity contribution in [3.05, 3.63) is 16.6 Å². The van der Waals surface area contributed by atoms with Crippen LogP contribution in [-0.2, 0) is 10.3 Å². The zero-order chi connectivity index (χ0) is 11.3. The third-order valence-corrected chi connectivity index (χ3v) is 4.92. The summed E-state index contributed by atoms with van der Waals surface area (Å²) in [5.41, 5.74) is 0.109. The Hall–Kier alpha value is -0.100. The Balaban J connectivity index is 2.06. The van der Waals surface area contributed by atoms with Crippen molar-refractivity contribution < 1.29 is 4.74 Å². The molecule has 0 unspecified atom stereocenters. The molecule has 0 atom stereocenters. The fourth-order valence-corrected chi connectivity index (χ4v) is 4.10. The maximum absolute atomic E-state index is 5.11. The molecule has 1 aliphatic heterocycles. The third kappa shape index (κ3) is 2.77. The van der Waals surface area contributed by atoms with E-state index in [2.05, 4.69) is 15.7 Å². The topological polar surface area (TPSA) is 34.1 Å². The number of thiazole rings is 1. The zero-order valence-electron chi connectivity index (χ0n) is 9.57. The van der Waals surface area contributed by atoms with E-state index in [1.165, 1.54) is 29.4 Å². The van der Waals surface area contributed by atoms with Crippen LogP contribution in [0, 0.1) is 0 Å². The standard InChI is InChI=1S/C11H18N2OS2/c1-14-6-4-13-11(2-7-15-8-3-11)10-12-5-9-16-10/h5,9,13H,2-4,6-8H2,1H3. The molecule has 0 bridgehead atoms. The molecule has 16 heavy (non-hydrogen) atoms. The molecular weight excluding hydrogens is 240 g/mol. The number of methoxy groups -OCH3 is 1. The molecule has 3 nitrogen and oxygen atoms in total. The molecule has 2 rings (SSSR count). The van der Waals surface area contributed by atoms with E-state index < -0.39 is 0 Å². The molecule has 2 heterocycles. The largest absolute Gasteiger partial charge is 0.383 e. The van der Waals surface area contributed by atoms with Crippen LogP contribution in [0.15, 0.2) is 11.6 Å². The Morgan fingerprint density at radius 1 is 1.50 bits per heavy atom. The van der Waals surface area contributed by atoms with E-state index in [9.17, 15) is 0 Å². The lowest BCUT2D eigenvalue weighted by molar-refractivity contribution is 0.180. The van der Waals surface area contributed by atoms with Gasteiger partial charge in [0.25, 0.3) is 0 Å². The van der Waals surface area contributed by atoms with Gasteiger partial charge in [0.2, 0.25) is 0 Å². The third-order valence-electron chi connectivity index (χ3n) is 2.96. The van der Waals surface area contributed by atoms with Crippen molar-refractivity contribution in [2.24, 2.45) is 0 Å². The van der Waals surface area contributed by atoms with Crippen LogP contribution in [-0.4, -0.2) is 36.8 Å². The molecule has 1 N–H and O–H groups in total. The van der Waals surface area contributed by atoms with Gasteiger partial charge in [-0.1, -0.05) is 0 Å². The molecule has 1 aromatic rings. The van der Waals surface area contributed by atoms with Crippen molar-refractivity contribution in [3.8, 4) is 0 Å². The van der Waals surface area contributed by atoms with Gasteiger partial charge < -0.3 is 10.1 Å². The number of hydrogen-bond acceptors (Lipinski definition) is 5. The second-order valence-electron chi connectivity index (χ2n) is 3.95. The second kappa shape index (κ2) is 6.00. The van der Waals surface area contributed by atoms with Crippen LogP contribution in [0.25, 0.3) is 0 Å². The van der Waals surface area contributed by atoms with Gasteiger partial charge in [-0.15, -0.1) is 11.3 Å². The van der Waals surface area contributed by atoms with E-state index in [0.29, 0.717) is 0 Å². The van der Waals surface area contributed by atoms with Crippen LogP contribution >= 0.6 is 23.1 Å². The molecule has 0 radical (unpaired) electrons. The molecule has 90 valence electrons. The van der Waals surface area contributed by atoms with E-state index >= 15 is 0 Å². The fraction of sp³-hybridized carbons (Fsp3) is 0.727. The maximum atomic E-state index is 5.11. The zero-order valence-corrected chi connectivity index (χ0v) is 11.2. The lowest BCUT2D eigenvalue weighted by Gasteiger charge is -2.36. The van der Waals surface area contributed by atoms with E-state index in [0.717, 1.165) is 13.2 Å². The lowest BCUT2D eigenvalue weighted by Crippen LogP contribution is -2.46. The summed E-state index contributed by atoms with van der Waals surface area (Å²) < 4.78 is 5.11. The molecule has 0 saturated carbocycles. The Kier molecular flexibility index (Phi) is 4.64. The molecule has 0 aromatic carbocycles. The maximum Gasteiger partial charge on any atom is 0.113 e. The minimum atomic E-state index is 0.109. The van der Waals surface area contributed by atoms with E-state index in [1.807, 2.05) is 18.0 Å². The normalized spacial score (nSPS) is 19.8. The molecule has 0 aliphatic carbocycles. The average Bonchev–Trinajstić information content (AvgIpc) is 2.85. The molecule has 0 spiro atoms. The quantitative estimate of drug-likeness (QED) is 0.820. The van der Waals surface area contributed by atoms with E-state index in [1.54, 1.807) is 18.4 Å². The monoisotopic (exact) mass is 258 g/mol. The first-order valence-corrected chi connectivity index (χ1v) is 7.62. The number of rotatable bonds is 5. The lowest BCUT2D eigenvalue weighted by atomic mass is 9.93. The molecule has 1 fully saturated rings. The molecule has 1 aromatic heterocycles. The highest BCUT2D eigenvalue weighted by molar-refractivity contribution is 7.99. The predicted molar refractivity (Wildman–Crippen MR) is 70.2 cm³/mol. The molecule has 1 saturated heterocycles. The molecule has 5 heteroatoms. The molecule has 1 aliphatic rings. The number of nitrogens with zero attached hydrogens (tertiary/aromatic N) is 1. The highest BCUT2D eigenvalue weighted by Gasteiger charge is 2.35. The van der Waals surface area contributed by atoms with Crippen LogP contribution < -0.4 is 5.32 Å². The summed E-state index contributed by atoms with van der Waals surface area (Å²) in [6, 6.07) is 0. The van der Waals surface area contributed by atoms with Crippen molar-refractivity contribution in [1.82, 2.24) is 10.3 Å². The minimum absolute atomic E-state index is 0.109. The highest BCUT2D eigenvalue weighted by Crippen LogP contribution is 2.36. The summed E-state index contributed by atoms with van der Waals surface area (Å²) in [7, 11) is 1.74. The second-order valence-corrected chi connectivity index (χ2v) is 6.07. The molecular formula is C11H18N2OS2. The minimum Gasteiger partial charge on any atom is -0.383 e. The number of thioether (sulfide) groups is 1. The van der Waals surface area contributed by atoms with Crippen molar-refractivity contribution >= 4 is 23.1 Å². The SMILES string of the molecule is COCCNC1(c2nccs2)CCSCC1. The number of aromatic nitrogens is 1. The van der Waals surface area contributed by atoms with Gasteiger partial charge >= 0.3 is 0 Å². The Labute approximate surface area is 105 Å². The Morgan fingerprint density at radius 3 is 2.94 bits per heavy atom. The van der Waals surface area contributed by atoms with Crippen molar-refractivity contribution in [2.45, 2.75) is 18.4 Å². The summed E-state index contributed by atoms with van der Waals surface area (Å²) in [6.07, 6.45) is 4.26. The highest BCUT2D eigenvalue weighted by atomic mass is 32.2. The van der Waals surface area contributed by atoms with Gasteiger partial charge in [0.1, 0.15) is 5.01 Å². The van der Waals surface area contributed by atoms with Crippen LogP contribution in [0.1, 0.15) is 17.8 Å². The van der Waals surface area contributed by atoms with Gasteiger partial charge in [-0.3, -0.25) is 0 Å². The first-order valence-electron chi connectivity index (χ1n) is 5.59. The summed E-state index contributed by atoms with van der Waals surface area (Å²) in [6.45, 7) is 1.67. The summed E-state index contributed by atoms with van der Waals surface area (Å²) >= 11 is 3.80. The van der Waals surface area contributed by atoms with Gasteiger partial charge in [-0.25, -0.2) is 4.98 Å². The first-order chi connectivity index (χ1) is 7.87. The summed E-state index contributed by atoms with van der Waals surface area (Å²) in [5, 5.41) is 6.95. The van der Waals surface area contributed by atoms with E-state index in [-0.39, 0.29) is 5.54 Å². The summed E-state index contributed by atoms with van der Waals surface area (Å²) in [5.74, 6) is 2.44. The Morgan fingerprint density at radius 2 is 2.31 bits per heavy atom. The summed E-state index contributed by atoms with van der Waals surface area (Å²) in [4.78, 5) is 4.50. The van der Waals surface area contributed by atoms with Crippen LogP contribution in [0.5, 0.6) is 0 Å².